The summed E-state index contributed by atoms with van der Waals surface area (Å²) in [7, 11) is 1.45. The molecule has 1 atom stereocenters. The molecule has 0 bridgehead atoms. The molecule has 2 aliphatic rings. The van der Waals surface area contributed by atoms with Crippen LogP contribution in [0, 0.1) is 0 Å². The monoisotopic (exact) mass is 424 g/mol. The molecule has 2 aliphatic heterocycles. The molecule has 8 heteroatoms. The first kappa shape index (κ1) is 20.0. The molecule has 2 aromatic carbocycles. The number of nitrogens with zero attached hydrogens (tertiary/aromatic N) is 2. The summed E-state index contributed by atoms with van der Waals surface area (Å²) in [5.74, 6) is -0.230. The third-order valence-corrected chi connectivity index (χ3v) is 5.79. The molecule has 0 radical (unpaired) electrons. The van der Waals surface area contributed by atoms with Gasteiger partial charge in [0.05, 0.1) is 36.8 Å². The van der Waals surface area contributed by atoms with Crippen LogP contribution in [0.3, 0.4) is 0 Å². The summed E-state index contributed by atoms with van der Waals surface area (Å²) in [4.78, 5) is 32.1. The van der Waals surface area contributed by atoms with E-state index in [0.29, 0.717) is 16.4 Å². The maximum atomic E-state index is 13.1. The largest absolute Gasteiger partial charge is 0.504 e. The number of amidine groups is 1. The second kappa shape index (κ2) is 8.23. The Kier molecular flexibility index (Phi) is 5.50. The molecule has 0 saturated carbocycles. The number of esters is 1. The van der Waals surface area contributed by atoms with Crippen molar-refractivity contribution in [3.63, 3.8) is 0 Å². The van der Waals surface area contributed by atoms with E-state index in [4.69, 9.17) is 9.47 Å². The number of thioether (sulfide) groups is 1. The zero-order chi connectivity index (χ0) is 21.3. The van der Waals surface area contributed by atoms with Gasteiger partial charge in [0, 0.05) is 5.56 Å². The number of aromatic hydroxyl groups is 1. The number of hydrogen-bond acceptors (Lipinski definition) is 7. The van der Waals surface area contributed by atoms with E-state index in [9.17, 15) is 14.7 Å². The van der Waals surface area contributed by atoms with Crippen molar-refractivity contribution in [2.45, 2.75) is 13.0 Å². The zero-order valence-corrected chi connectivity index (χ0v) is 17.3. The summed E-state index contributed by atoms with van der Waals surface area (Å²) < 4.78 is 10.6. The maximum absolute atomic E-state index is 13.1. The van der Waals surface area contributed by atoms with E-state index < -0.39 is 12.0 Å². The van der Waals surface area contributed by atoms with E-state index in [2.05, 4.69) is 4.99 Å². The van der Waals surface area contributed by atoms with Gasteiger partial charge < -0.3 is 14.6 Å². The third-order valence-electron chi connectivity index (χ3n) is 4.86. The highest BCUT2D eigenvalue weighted by molar-refractivity contribution is 8.15. The molecule has 0 unspecified atom stereocenters. The Bertz CT molecular complexity index is 1060. The van der Waals surface area contributed by atoms with Crippen molar-refractivity contribution in [1.29, 1.82) is 0 Å². The third kappa shape index (κ3) is 3.43. The van der Waals surface area contributed by atoms with Crippen LogP contribution in [0.15, 0.2) is 59.1 Å². The average molecular weight is 424 g/mol. The lowest BCUT2D eigenvalue weighted by Gasteiger charge is -2.33. The minimum atomic E-state index is -0.747. The summed E-state index contributed by atoms with van der Waals surface area (Å²) in [6.07, 6.45) is 0. The predicted molar refractivity (Wildman–Crippen MR) is 114 cm³/mol. The number of ether oxygens (including phenoxy) is 2. The molecule has 154 valence electrons. The Hall–Kier alpha value is -3.26. The van der Waals surface area contributed by atoms with Crippen molar-refractivity contribution in [1.82, 2.24) is 4.90 Å². The molecule has 1 N–H and O–H groups in total. The standard InChI is InChI=1S/C22H20N2O5S/c1-3-29-21(27)18-19(13-7-5-4-6-8-13)23-22-24(17(26)12-30-22)20(18)14-9-10-15(25)16(11-14)28-2/h4-11,20,25H,3,12H2,1-2H3/t20-/m1/s1. The van der Waals surface area contributed by atoms with Crippen molar-refractivity contribution in [2.75, 3.05) is 19.5 Å². The van der Waals surface area contributed by atoms with Crippen molar-refractivity contribution in [3.8, 4) is 11.5 Å². The zero-order valence-electron chi connectivity index (χ0n) is 16.5. The van der Waals surface area contributed by atoms with Crippen LogP contribution in [0.1, 0.15) is 24.1 Å². The quantitative estimate of drug-likeness (QED) is 0.741. The average Bonchev–Trinajstić information content (AvgIpc) is 3.14. The van der Waals surface area contributed by atoms with Crippen molar-refractivity contribution in [2.24, 2.45) is 4.99 Å². The molecule has 0 spiro atoms. The van der Waals surface area contributed by atoms with Crippen molar-refractivity contribution < 1.29 is 24.2 Å². The van der Waals surface area contributed by atoms with Crippen LogP contribution in [-0.2, 0) is 14.3 Å². The Morgan fingerprint density at radius 3 is 2.73 bits per heavy atom. The van der Waals surface area contributed by atoms with Gasteiger partial charge in [-0.3, -0.25) is 9.69 Å². The fourth-order valence-electron chi connectivity index (χ4n) is 3.54. The van der Waals surface area contributed by atoms with Gasteiger partial charge in [0.1, 0.15) is 0 Å². The SMILES string of the molecule is CCOC(=O)C1=C(c2ccccc2)N=C2SCC(=O)N2[C@@H]1c1ccc(O)c(OC)c1. The molecule has 4 rings (SSSR count). The van der Waals surface area contributed by atoms with Gasteiger partial charge in [-0.05, 0) is 24.6 Å². The van der Waals surface area contributed by atoms with Gasteiger partial charge in [0.15, 0.2) is 16.7 Å². The van der Waals surface area contributed by atoms with Gasteiger partial charge in [-0.25, -0.2) is 9.79 Å². The highest BCUT2D eigenvalue weighted by Crippen LogP contribution is 2.45. The van der Waals surface area contributed by atoms with E-state index in [0.717, 1.165) is 5.56 Å². The fourth-order valence-corrected chi connectivity index (χ4v) is 4.43. The van der Waals surface area contributed by atoms with Gasteiger partial charge in [0.2, 0.25) is 5.91 Å². The van der Waals surface area contributed by atoms with Crippen molar-refractivity contribution in [3.05, 3.63) is 65.2 Å². The van der Waals surface area contributed by atoms with Crippen LogP contribution < -0.4 is 4.74 Å². The fraction of sp³-hybridized carbons (Fsp3) is 0.227. The number of carbonyl (C=O) groups is 2. The first-order valence-corrected chi connectivity index (χ1v) is 10.4. The molecule has 2 aromatic rings. The molecule has 2 heterocycles. The lowest BCUT2D eigenvalue weighted by atomic mass is 9.91. The summed E-state index contributed by atoms with van der Waals surface area (Å²) in [6.45, 7) is 1.92. The normalized spacial score (nSPS) is 18.2. The molecule has 30 heavy (non-hydrogen) atoms. The van der Waals surface area contributed by atoms with E-state index in [-0.39, 0.29) is 35.3 Å². The molecule has 0 aliphatic carbocycles. The molecule has 7 nitrogen and oxygen atoms in total. The Balaban J connectivity index is 1.98. The van der Waals surface area contributed by atoms with Crippen LogP contribution in [0.25, 0.3) is 5.70 Å². The number of amides is 1. The molecular formula is C22H20N2O5S. The first-order chi connectivity index (χ1) is 14.5. The van der Waals surface area contributed by atoms with E-state index >= 15 is 0 Å². The summed E-state index contributed by atoms with van der Waals surface area (Å²) in [6, 6.07) is 13.4. The smallest absolute Gasteiger partial charge is 0.338 e. The molecule has 1 amide bonds. The van der Waals surface area contributed by atoms with Gasteiger partial charge >= 0.3 is 5.97 Å². The van der Waals surface area contributed by atoms with Crippen LogP contribution in [0.5, 0.6) is 11.5 Å². The van der Waals surface area contributed by atoms with E-state index in [1.807, 2.05) is 30.3 Å². The number of phenols is 1. The van der Waals surface area contributed by atoms with Gasteiger partial charge in [-0.1, -0.05) is 48.2 Å². The van der Waals surface area contributed by atoms with Gasteiger partial charge in [-0.15, -0.1) is 0 Å². The number of rotatable bonds is 5. The minimum absolute atomic E-state index is 0.0296. The number of fused-ring (bicyclic) bond motifs is 1. The molecule has 1 fully saturated rings. The lowest BCUT2D eigenvalue weighted by Crippen LogP contribution is -2.39. The Morgan fingerprint density at radius 2 is 2.03 bits per heavy atom. The van der Waals surface area contributed by atoms with Crippen molar-refractivity contribution >= 4 is 34.5 Å². The van der Waals surface area contributed by atoms with Crippen LogP contribution in [0.2, 0.25) is 0 Å². The number of methoxy groups -OCH3 is 1. The Labute approximate surface area is 178 Å². The number of carbonyl (C=O) groups excluding carboxylic acids is 2. The van der Waals surface area contributed by atoms with Crippen LogP contribution in [0.4, 0.5) is 0 Å². The first-order valence-electron chi connectivity index (χ1n) is 9.42. The van der Waals surface area contributed by atoms with E-state index in [1.54, 1.807) is 19.1 Å². The van der Waals surface area contributed by atoms with Gasteiger partial charge in [-0.2, -0.15) is 0 Å². The second-order valence-corrected chi connectivity index (χ2v) is 7.57. The van der Waals surface area contributed by atoms with Crippen LogP contribution >= 0.6 is 11.8 Å². The summed E-state index contributed by atoms with van der Waals surface area (Å²) in [5.41, 5.74) is 2.11. The second-order valence-electron chi connectivity index (χ2n) is 6.63. The highest BCUT2D eigenvalue weighted by Gasteiger charge is 2.44. The maximum Gasteiger partial charge on any atom is 0.338 e. The summed E-state index contributed by atoms with van der Waals surface area (Å²) >= 11 is 1.33. The van der Waals surface area contributed by atoms with Gasteiger partial charge in [0.25, 0.3) is 0 Å². The van der Waals surface area contributed by atoms with E-state index in [1.165, 1.54) is 29.8 Å². The highest BCUT2D eigenvalue weighted by atomic mass is 32.2. The topological polar surface area (TPSA) is 88.4 Å². The summed E-state index contributed by atoms with van der Waals surface area (Å²) in [5, 5.41) is 10.6. The minimum Gasteiger partial charge on any atom is -0.504 e. The molecule has 1 saturated heterocycles. The number of phenolic OH excluding ortho intramolecular Hbond substituents is 1. The van der Waals surface area contributed by atoms with Crippen LogP contribution in [-0.4, -0.2) is 46.5 Å². The Morgan fingerprint density at radius 1 is 1.27 bits per heavy atom. The lowest BCUT2D eigenvalue weighted by molar-refractivity contribution is -0.139. The molecular weight excluding hydrogens is 404 g/mol. The molecule has 0 aromatic heterocycles. The number of aliphatic imine (C=N–C) groups is 1. The predicted octanol–water partition coefficient (Wildman–Crippen LogP) is 3.36. The number of benzene rings is 2. The number of hydrogen-bond donors (Lipinski definition) is 1.